The van der Waals surface area contributed by atoms with Crippen LogP contribution in [0, 0.1) is 0 Å². The van der Waals surface area contributed by atoms with Crippen molar-refractivity contribution in [2.45, 2.75) is 32.2 Å². The molecule has 15 heavy (non-hydrogen) atoms. The fourth-order valence-corrected chi connectivity index (χ4v) is 1.72. The second kappa shape index (κ2) is 3.69. The summed E-state index contributed by atoms with van der Waals surface area (Å²) in [6.07, 6.45) is 0. The van der Waals surface area contributed by atoms with E-state index in [1.54, 1.807) is 0 Å². The van der Waals surface area contributed by atoms with E-state index in [1.807, 2.05) is 18.2 Å². The van der Waals surface area contributed by atoms with Crippen LogP contribution in [0.3, 0.4) is 0 Å². The van der Waals surface area contributed by atoms with Gasteiger partial charge < -0.3 is 4.74 Å². The van der Waals surface area contributed by atoms with Crippen molar-refractivity contribution >= 4 is 5.90 Å². The normalized spacial score (nSPS) is 20.6. The van der Waals surface area contributed by atoms with Gasteiger partial charge in [-0.2, -0.15) is 0 Å². The molecule has 1 aliphatic rings. The number of hydrogen-bond donors (Lipinski definition) is 0. The van der Waals surface area contributed by atoms with Crippen LogP contribution in [0.15, 0.2) is 35.3 Å². The van der Waals surface area contributed by atoms with Crippen LogP contribution in [0.1, 0.15) is 32.3 Å². The molecule has 0 spiro atoms. The first-order valence-corrected chi connectivity index (χ1v) is 5.36. The van der Waals surface area contributed by atoms with E-state index in [2.05, 4.69) is 37.9 Å². The van der Waals surface area contributed by atoms with Crippen LogP contribution in [0.2, 0.25) is 0 Å². The highest BCUT2D eigenvalue weighted by atomic mass is 16.5. The van der Waals surface area contributed by atoms with Gasteiger partial charge in [-0.1, -0.05) is 30.3 Å². The van der Waals surface area contributed by atoms with Crippen LogP contribution in [0.25, 0.3) is 0 Å². The standard InChI is InChI=1S/C13H17NO/c1-10(11-7-5-4-6-8-11)12-14-13(2,3)9-15-12/h4-8,10H,9H2,1-3H3. The number of nitrogens with zero attached hydrogens (tertiary/aromatic N) is 1. The monoisotopic (exact) mass is 203 g/mol. The zero-order chi connectivity index (χ0) is 10.9. The van der Waals surface area contributed by atoms with Crippen LogP contribution in [-0.4, -0.2) is 18.0 Å². The summed E-state index contributed by atoms with van der Waals surface area (Å²) in [5.41, 5.74) is 1.20. The Morgan fingerprint density at radius 3 is 2.47 bits per heavy atom. The average molecular weight is 203 g/mol. The van der Waals surface area contributed by atoms with Gasteiger partial charge in [-0.05, 0) is 26.3 Å². The minimum Gasteiger partial charge on any atom is -0.478 e. The SMILES string of the molecule is CC(C1=NC(C)(C)CO1)c1ccccc1. The summed E-state index contributed by atoms with van der Waals surface area (Å²) in [5.74, 6) is 1.12. The van der Waals surface area contributed by atoms with E-state index in [-0.39, 0.29) is 11.5 Å². The highest BCUT2D eigenvalue weighted by molar-refractivity contribution is 5.85. The zero-order valence-corrected chi connectivity index (χ0v) is 9.53. The summed E-state index contributed by atoms with van der Waals surface area (Å²) in [5, 5.41) is 0. The van der Waals surface area contributed by atoms with Crippen molar-refractivity contribution in [2.24, 2.45) is 4.99 Å². The third kappa shape index (κ3) is 2.20. The molecule has 2 rings (SSSR count). The summed E-state index contributed by atoms with van der Waals surface area (Å²) < 4.78 is 5.63. The third-order valence-electron chi connectivity index (χ3n) is 2.66. The van der Waals surface area contributed by atoms with Crippen LogP contribution in [-0.2, 0) is 4.74 Å². The van der Waals surface area contributed by atoms with Gasteiger partial charge in [-0.25, -0.2) is 4.99 Å². The first kappa shape index (κ1) is 10.2. The quantitative estimate of drug-likeness (QED) is 0.724. The summed E-state index contributed by atoms with van der Waals surface area (Å²) in [4.78, 5) is 4.59. The van der Waals surface area contributed by atoms with Gasteiger partial charge in [0.2, 0.25) is 0 Å². The third-order valence-corrected chi connectivity index (χ3v) is 2.66. The van der Waals surface area contributed by atoms with Gasteiger partial charge in [0.1, 0.15) is 6.61 Å². The molecule has 0 aromatic heterocycles. The molecule has 0 radical (unpaired) electrons. The lowest BCUT2D eigenvalue weighted by Gasteiger charge is -2.10. The second-order valence-electron chi connectivity index (χ2n) is 4.68. The topological polar surface area (TPSA) is 21.6 Å². The Hall–Kier alpha value is -1.31. The smallest absolute Gasteiger partial charge is 0.191 e. The van der Waals surface area contributed by atoms with Crippen LogP contribution in [0.4, 0.5) is 0 Å². The lowest BCUT2D eigenvalue weighted by atomic mass is 10.0. The predicted octanol–water partition coefficient (Wildman–Crippen LogP) is 3.00. The van der Waals surface area contributed by atoms with Crippen LogP contribution >= 0.6 is 0 Å². The molecular formula is C13H17NO. The first-order chi connectivity index (χ1) is 7.08. The molecule has 2 heteroatoms. The maximum absolute atomic E-state index is 5.63. The van der Waals surface area contributed by atoms with E-state index >= 15 is 0 Å². The number of aliphatic imine (C=N–C) groups is 1. The Bertz CT molecular complexity index is 367. The largest absolute Gasteiger partial charge is 0.478 e. The number of benzene rings is 1. The Morgan fingerprint density at radius 2 is 1.93 bits per heavy atom. The molecule has 0 bridgehead atoms. The van der Waals surface area contributed by atoms with E-state index < -0.39 is 0 Å². The van der Waals surface area contributed by atoms with Gasteiger partial charge in [0.25, 0.3) is 0 Å². The Morgan fingerprint density at radius 1 is 1.27 bits per heavy atom. The van der Waals surface area contributed by atoms with Crippen molar-refractivity contribution < 1.29 is 4.74 Å². The molecule has 80 valence electrons. The van der Waals surface area contributed by atoms with Gasteiger partial charge in [0.15, 0.2) is 5.90 Å². The molecule has 0 aliphatic carbocycles. The molecule has 0 amide bonds. The van der Waals surface area contributed by atoms with E-state index in [9.17, 15) is 0 Å². The maximum atomic E-state index is 5.63. The number of rotatable bonds is 2. The Balaban J connectivity index is 2.20. The zero-order valence-electron chi connectivity index (χ0n) is 9.53. The minimum absolute atomic E-state index is 0.0572. The summed E-state index contributed by atoms with van der Waals surface area (Å²) in [6.45, 7) is 7.02. The molecule has 1 heterocycles. The van der Waals surface area contributed by atoms with Gasteiger partial charge >= 0.3 is 0 Å². The highest BCUT2D eigenvalue weighted by Crippen LogP contribution is 2.25. The van der Waals surface area contributed by atoms with Crippen molar-refractivity contribution in [3.05, 3.63) is 35.9 Å². The Labute approximate surface area is 91.0 Å². The van der Waals surface area contributed by atoms with E-state index in [0.717, 1.165) is 5.90 Å². The lowest BCUT2D eigenvalue weighted by molar-refractivity contribution is 0.272. The number of hydrogen-bond acceptors (Lipinski definition) is 2. The van der Waals surface area contributed by atoms with Crippen molar-refractivity contribution in [3.63, 3.8) is 0 Å². The molecule has 0 saturated carbocycles. The highest BCUT2D eigenvalue weighted by Gasteiger charge is 2.29. The van der Waals surface area contributed by atoms with Gasteiger partial charge in [0.05, 0.1) is 11.5 Å². The average Bonchev–Trinajstić information content (AvgIpc) is 2.59. The van der Waals surface area contributed by atoms with Gasteiger partial charge in [0, 0.05) is 0 Å². The fraction of sp³-hybridized carbons (Fsp3) is 0.462. The van der Waals surface area contributed by atoms with Crippen molar-refractivity contribution in [3.8, 4) is 0 Å². The van der Waals surface area contributed by atoms with Crippen LogP contribution in [0.5, 0.6) is 0 Å². The molecule has 0 N–H and O–H groups in total. The number of ether oxygens (including phenoxy) is 1. The predicted molar refractivity (Wildman–Crippen MR) is 62.3 cm³/mol. The van der Waals surface area contributed by atoms with Crippen molar-refractivity contribution in [1.29, 1.82) is 0 Å². The van der Waals surface area contributed by atoms with E-state index in [0.29, 0.717) is 6.61 Å². The molecule has 1 aromatic carbocycles. The minimum atomic E-state index is -0.0572. The van der Waals surface area contributed by atoms with Crippen molar-refractivity contribution in [1.82, 2.24) is 0 Å². The fourth-order valence-electron chi connectivity index (χ4n) is 1.72. The molecular weight excluding hydrogens is 186 g/mol. The lowest BCUT2D eigenvalue weighted by Crippen LogP contribution is -2.17. The summed E-state index contributed by atoms with van der Waals surface area (Å²) >= 11 is 0. The summed E-state index contributed by atoms with van der Waals surface area (Å²) in [7, 11) is 0. The molecule has 1 aromatic rings. The molecule has 1 aliphatic heterocycles. The molecule has 1 atom stereocenters. The molecule has 2 nitrogen and oxygen atoms in total. The molecule has 0 saturated heterocycles. The van der Waals surface area contributed by atoms with E-state index in [1.165, 1.54) is 5.56 Å². The second-order valence-corrected chi connectivity index (χ2v) is 4.68. The van der Waals surface area contributed by atoms with E-state index in [4.69, 9.17) is 4.74 Å². The molecule has 1 unspecified atom stereocenters. The summed E-state index contributed by atoms with van der Waals surface area (Å²) in [6, 6.07) is 10.3. The Kier molecular flexibility index (Phi) is 2.51. The maximum Gasteiger partial charge on any atom is 0.191 e. The van der Waals surface area contributed by atoms with Gasteiger partial charge in [-0.15, -0.1) is 0 Å². The first-order valence-electron chi connectivity index (χ1n) is 5.36. The van der Waals surface area contributed by atoms with Crippen molar-refractivity contribution in [2.75, 3.05) is 6.61 Å². The van der Waals surface area contributed by atoms with Gasteiger partial charge in [-0.3, -0.25) is 0 Å². The van der Waals surface area contributed by atoms with Crippen LogP contribution < -0.4 is 0 Å². The molecule has 0 fully saturated rings.